The summed E-state index contributed by atoms with van der Waals surface area (Å²) in [6.45, 7) is 7.40. The van der Waals surface area contributed by atoms with E-state index in [2.05, 4.69) is 17.1 Å². The van der Waals surface area contributed by atoms with Crippen molar-refractivity contribution in [3.63, 3.8) is 0 Å². The number of benzene rings is 1. The zero-order valence-electron chi connectivity index (χ0n) is 18.4. The number of hydrogen-bond donors (Lipinski definition) is 2. The highest BCUT2D eigenvalue weighted by Crippen LogP contribution is 2.33. The summed E-state index contributed by atoms with van der Waals surface area (Å²) in [5, 5.41) is 11.9. The molecule has 0 bridgehead atoms. The monoisotopic (exact) mass is 428 g/mol. The van der Waals surface area contributed by atoms with E-state index in [1.165, 1.54) is 11.8 Å². The maximum absolute atomic E-state index is 13.3. The van der Waals surface area contributed by atoms with Crippen molar-refractivity contribution in [2.24, 2.45) is 0 Å². The van der Waals surface area contributed by atoms with Gasteiger partial charge in [0.05, 0.1) is 12.2 Å². The van der Waals surface area contributed by atoms with Gasteiger partial charge in [0.15, 0.2) is 0 Å². The number of amides is 3. The number of rotatable bonds is 9. The van der Waals surface area contributed by atoms with Gasteiger partial charge in [0.25, 0.3) is 11.8 Å². The summed E-state index contributed by atoms with van der Waals surface area (Å²) in [4.78, 5) is 43.4. The molecule has 31 heavy (non-hydrogen) atoms. The molecule has 0 aliphatic carbocycles. The Hall–Kier alpha value is -2.71. The molecule has 2 aliphatic heterocycles. The Morgan fingerprint density at radius 2 is 1.68 bits per heavy atom. The fourth-order valence-electron chi connectivity index (χ4n) is 4.10. The first-order valence-electron chi connectivity index (χ1n) is 11.0. The fourth-order valence-corrected chi connectivity index (χ4v) is 4.10. The highest BCUT2D eigenvalue weighted by atomic mass is 16.3. The van der Waals surface area contributed by atoms with Crippen LogP contribution < -0.4 is 5.32 Å². The quantitative estimate of drug-likeness (QED) is 0.458. The van der Waals surface area contributed by atoms with Gasteiger partial charge in [0.2, 0.25) is 5.91 Å². The van der Waals surface area contributed by atoms with Crippen LogP contribution in [0.25, 0.3) is 5.57 Å². The van der Waals surface area contributed by atoms with Gasteiger partial charge in [-0.05, 0) is 24.1 Å². The van der Waals surface area contributed by atoms with E-state index in [1.807, 2.05) is 4.90 Å². The molecular formula is C23H32N4O4. The third-order valence-electron chi connectivity index (χ3n) is 5.73. The van der Waals surface area contributed by atoms with E-state index in [4.69, 9.17) is 0 Å². The van der Waals surface area contributed by atoms with Crippen LogP contribution in [0.1, 0.15) is 38.7 Å². The van der Waals surface area contributed by atoms with E-state index in [0.29, 0.717) is 48.7 Å². The number of β-amino-alcohol motifs (C(OH)–C–C–N with tert-alkyl or cyclic N) is 1. The zero-order chi connectivity index (χ0) is 22.4. The summed E-state index contributed by atoms with van der Waals surface area (Å²) in [5.74, 6) is -0.638. The minimum atomic E-state index is -0.249. The van der Waals surface area contributed by atoms with Crippen molar-refractivity contribution < 1.29 is 19.5 Å². The number of aliphatic hydroxyl groups excluding tert-OH is 1. The molecule has 8 nitrogen and oxygen atoms in total. The third kappa shape index (κ3) is 5.32. The van der Waals surface area contributed by atoms with Crippen LogP contribution in [0.5, 0.6) is 0 Å². The van der Waals surface area contributed by atoms with E-state index < -0.39 is 0 Å². The first-order valence-corrected chi connectivity index (χ1v) is 11.0. The predicted molar refractivity (Wildman–Crippen MR) is 119 cm³/mol. The maximum atomic E-state index is 13.3. The second kappa shape index (κ2) is 10.5. The summed E-state index contributed by atoms with van der Waals surface area (Å²) < 4.78 is 0. The van der Waals surface area contributed by atoms with Gasteiger partial charge in [-0.25, -0.2) is 0 Å². The molecule has 0 atom stereocenters. The molecule has 0 aromatic heterocycles. The first-order chi connectivity index (χ1) is 15.0. The Kier molecular flexibility index (Phi) is 7.81. The molecule has 2 N–H and O–H groups in total. The first kappa shape index (κ1) is 23.0. The second-order valence-electron chi connectivity index (χ2n) is 8.00. The second-order valence-corrected chi connectivity index (χ2v) is 8.00. The number of anilines is 1. The van der Waals surface area contributed by atoms with Crippen LogP contribution in [0.15, 0.2) is 30.0 Å². The van der Waals surface area contributed by atoms with Gasteiger partial charge in [-0.2, -0.15) is 0 Å². The molecule has 3 rings (SSSR count). The van der Waals surface area contributed by atoms with Crippen molar-refractivity contribution in [3.05, 3.63) is 35.5 Å². The zero-order valence-corrected chi connectivity index (χ0v) is 18.4. The number of hydrogen-bond acceptors (Lipinski definition) is 6. The van der Waals surface area contributed by atoms with Gasteiger partial charge < -0.3 is 15.3 Å². The topological polar surface area (TPSA) is 93.2 Å². The van der Waals surface area contributed by atoms with Crippen molar-refractivity contribution in [2.75, 3.05) is 51.2 Å². The van der Waals surface area contributed by atoms with Gasteiger partial charge in [-0.1, -0.05) is 31.9 Å². The lowest BCUT2D eigenvalue weighted by atomic mass is 10.0. The van der Waals surface area contributed by atoms with Crippen molar-refractivity contribution >= 4 is 29.0 Å². The minimum absolute atomic E-state index is 0.108. The molecule has 1 aromatic carbocycles. The van der Waals surface area contributed by atoms with Crippen LogP contribution in [-0.2, 0) is 14.4 Å². The summed E-state index contributed by atoms with van der Waals surface area (Å²) in [7, 11) is 0. The Morgan fingerprint density at radius 3 is 2.26 bits per heavy atom. The molecule has 3 amide bonds. The van der Waals surface area contributed by atoms with Gasteiger partial charge in [0.1, 0.15) is 5.70 Å². The average molecular weight is 429 g/mol. The number of nitrogens with one attached hydrogen (secondary N) is 1. The molecule has 1 aromatic rings. The van der Waals surface area contributed by atoms with Crippen molar-refractivity contribution in [3.8, 4) is 0 Å². The molecule has 2 aliphatic rings. The Morgan fingerprint density at radius 1 is 1.00 bits per heavy atom. The van der Waals surface area contributed by atoms with Crippen LogP contribution in [0, 0.1) is 0 Å². The Labute approximate surface area is 183 Å². The minimum Gasteiger partial charge on any atom is -0.395 e. The van der Waals surface area contributed by atoms with Crippen molar-refractivity contribution in [1.82, 2.24) is 14.7 Å². The van der Waals surface area contributed by atoms with Crippen LogP contribution in [0.3, 0.4) is 0 Å². The molecule has 2 heterocycles. The van der Waals surface area contributed by atoms with Crippen molar-refractivity contribution in [2.45, 2.75) is 33.1 Å². The Bertz CT molecular complexity index is 842. The molecule has 0 saturated carbocycles. The van der Waals surface area contributed by atoms with Gasteiger partial charge in [0, 0.05) is 51.9 Å². The summed E-state index contributed by atoms with van der Waals surface area (Å²) in [5.41, 5.74) is 2.23. The summed E-state index contributed by atoms with van der Waals surface area (Å²) in [6, 6.07) is 7.06. The standard InChI is InChI=1S/C23H32N4O4/c1-3-4-5-10-27-22(30)20(18-6-8-19(9-7-18)24-17(2)29)21(23(27)31)26-13-11-25(12-14-26)15-16-28/h6-9,28H,3-5,10-16H2,1-2H3,(H,24,29). The molecule has 0 radical (unpaired) electrons. The number of unbranched alkanes of at least 4 members (excludes halogenated alkanes) is 2. The lowest BCUT2D eigenvalue weighted by Gasteiger charge is -2.36. The molecule has 0 unspecified atom stereocenters. The number of piperazine rings is 1. The lowest BCUT2D eigenvalue weighted by Crippen LogP contribution is -2.48. The molecule has 0 spiro atoms. The molecule has 8 heteroatoms. The van der Waals surface area contributed by atoms with E-state index in [1.54, 1.807) is 24.3 Å². The average Bonchev–Trinajstić information content (AvgIpc) is 2.99. The van der Waals surface area contributed by atoms with Crippen molar-refractivity contribution in [1.29, 1.82) is 0 Å². The van der Waals surface area contributed by atoms with Crippen LogP contribution in [0.2, 0.25) is 0 Å². The van der Waals surface area contributed by atoms with E-state index >= 15 is 0 Å². The molecule has 1 saturated heterocycles. The largest absolute Gasteiger partial charge is 0.395 e. The van der Waals surface area contributed by atoms with Crippen LogP contribution in [0.4, 0.5) is 5.69 Å². The van der Waals surface area contributed by atoms with Gasteiger partial charge in [-0.15, -0.1) is 0 Å². The third-order valence-corrected chi connectivity index (χ3v) is 5.73. The van der Waals surface area contributed by atoms with Crippen LogP contribution >= 0.6 is 0 Å². The van der Waals surface area contributed by atoms with E-state index in [-0.39, 0.29) is 24.3 Å². The number of aliphatic hydroxyl groups is 1. The van der Waals surface area contributed by atoms with E-state index in [9.17, 15) is 19.5 Å². The predicted octanol–water partition coefficient (Wildman–Crippen LogP) is 1.52. The number of carbonyl (C=O) groups is 3. The highest BCUT2D eigenvalue weighted by Gasteiger charge is 2.41. The normalized spacial score (nSPS) is 17.6. The summed E-state index contributed by atoms with van der Waals surface area (Å²) >= 11 is 0. The molecule has 1 fully saturated rings. The number of nitrogens with zero attached hydrogens (tertiary/aromatic N) is 3. The van der Waals surface area contributed by atoms with E-state index in [0.717, 1.165) is 32.4 Å². The smallest absolute Gasteiger partial charge is 0.277 e. The number of imide groups is 1. The van der Waals surface area contributed by atoms with Gasteiger partial charge >= 0.3 is 0 Å². The fraction of sp³-hybridized carbons (Fsp3) is 0.522. The molecule has 168 valence electrons. The number of carbonyl (C=O) groups excluding carboxylic acids is 3. The highest BCUT2D eigenvalue weighted by molar-refractivity contribution is 6.35. The Balaban J connectivity index is 1.89. The summed E-state index contributed by atoms with van der Waals surface area (Å²) in [6.07, 6.45) is 2.77. The molecular weight excluding hydrogens is 396 g/mol. The van der Waals surface area contributed by atoms with Gasteiger partial charge in [-0.3, -0.25) is 24.2 Å². The maximum Gasteiger partial charge on any atom is 0.277 e. The lowest BCUT2D eigenvalue weighted by molar-refractivity contribution is -0.137. The SMILES string of the molecule is CCCCCN1C(=O)C(c2ccc(NC(C)=O)cc2)=C(N2CCN(CCO)CC2)C1=O. The van der Waals surface area contributed by atoms with Crippen LogP contribution in [-0.4, -0.2) is 83.4 Å².